The minimum absolute atomic E-state index is 0.0786. The standard InChI is InChI=1S/C8H11N3O3/c1-2-4-9-8-6-7(11(13)14)3-5-10(8)12/h3,5-6,12H,2,4H2,1H3. The fourth-order valence-corrected chi connectivity index (χ4v) is 0.928. The van der Waals surface area contributed by atoms with Crippen LogP contribution in [0.15, 0.2) is 23.3 Å². The summed E-state index contributed by atoms with van der Waals surface area (Å²) in [5, 5.41) is 19.7. The Morgan fingerprint density at radius 1 is 1.71 bits per heavy atom. The molecule has 0 radical (unpaired) electrons. The molecule has 14 heavy (non-hydrogen) atoms. The first-order valence-electron chi connectivity index (χ1n) is 4.22. The van der Waals surface area contributed by atoms with Crippen molar-refractivity contribution in [1.29, 1.82) is 0 Å². The molecule has 0 aliphatic heterocycles. The van der Waals surface area contributed by atoms with Gasteiger partial charge in [-0.05, 0) is 6.42 Å². The van der Waals surface area contributed by atoms with E-state index in [1.807, 2.05) is 6.92 Å². The highest BCUT2D eigenvalue weighted by atomic mass is 16.6. The zero-order valence-corrected chi connectivity index (χ0v) is 7.75. The molecular weight excluding hydrogens is 186 g/mol. The lowest BCUT2D eigenvalue weighted by molar-refractivity contribution is -0.385. The Bertz CT molecular complexity index is 397. The van der Waals surface area contributed by atoms with Crippen LogP contribution in [0.3, 0.4) is 0 Å². The minimum Gasteiger partial charge on any atom is -0.427 e. The van der Waals surface area contributed by atoms with Crippen molar-refractivity contribution in [2.45, 2.75) is 13.3 Å². The Morgan fingerprint density at radius 3 is 3.00 bits per heavy atom. The van der Waals surface area contributed by atoms with Crippen LogP contribution in [-0.2, 0) is 0 Å². The topological polar surface area (TPSA) is 80.7 Å². The quantitative estimate of drug-likeness (QED) is 0.445. The second kappa shape index (κ2) is 4.40. The van der Waals surface area contributed by atoms with Gasteiger partial charge in [0.05, 0.1) is 17.2 Å². The molecule has 0 aromatic carbocycles. The molecule has 1 rings (SSSR count). The van der Waals surface area contributed by atoms with E-state index in [9.17, 15) is 15.3 Å². The highest BCUT2D eigenvalue weighted by Crippen LogP contribution is 2.04. The van der Waals surface area contributed by atoms with Crippen molar-refractivity contribution in [3.63, 3.8) is 0 Å². The van der Waals surface area contributed by atoms with Crippen molar-refractivity contribution in [3.8, 4) is 0 Å². The summed E-state index contributed by atoms with van der Waals surface area (Å²) in [6.45, 7) is 2.46. The number of rotatable bonds is 3. The Balaban J connectivity index is 3.15. The fourth-order valence-electron chi connectivity index (χ4n) is 0.928. The summed E-state index contributed by atoms with van der Waals surface area (Å²) in [5.74, 6) is 0. The first-order chi connectivity index (χ1) is 6.65. The summed E-state index contributed by atoms with van der Waals surface area (Å²) in [7, 11) is 0. The van der Waals surface area contributed by atoms with Crippen LogP contribution in [0, 0.1) is 10.1 Å². The average Bonchev–Trinajstić information content (AvgIpc) is 2.16. The molecule has 0 amide bonds. The fraction of sp³-hybridized carbons (Fsp3) is 0.375. The third kappa shape index (κ3) is 2.32. The van der Waals surface area contributed by atoms with Gasteiger partial charge < -0.3 is 5.21 Å². The summed E-state index contributed by atoms with van der Waals surface area (Å²) in [6.07, 6.45) is 2.02. The van der Waals surface area contributed by atoms with E-state index in [-0.39, 0.29) is 11.2 Å². The molecule has 1 N–H and O–H groups in total. The molecule has 0 saturated carbocycles. The van der Waals surface area contributed by atoms with E-state index in [1.54, 1.807) is 0 Å². The number of nitro groups is 1. The molecule has 0 fully saturated rings. The molecule has 0 atom stereocenters. The van der Waals surface area contributed by atoms with Crippen LogP contribution in [0.4, 0.5) is 5.69 Å². The monoisotopic (exact) mass is 197 g/mol. The molecular formula is C8H11N3O3. The Kier molecular flexibility index (Phi) is 3.22. The molecule has 6 nitrogen and oxygen atoms in total. The van der Waals surface area contributed by atoms with Gasteiger partial charge >= 0.3 is 0 Å². The van der Waals surface area contributed by atoms with E-state index >= 15 is 0 Å². The zero-order chi connectivity index (χ0) is 10.6. The molecule has 0 saturated heterocycles. The molecule has 0 unspecified atom stereocenters. The van der Waals surface area contributed by atoms with Gasteiger partial charge in [-0.25, -0.2) is 0 Å². The molecule has 1 aromatic rings. The Hall–Kier alpha value is -1.85. The maximum Gasteiger partial charge on any atom is 0.274 e. The van der Waals surface area contributed by atoms with Crippen molar-refractivity contribution in [2.24, 2.45) is 4.99 Å². The van der Waals surface area contributed by atoms with Crippen LogP contribution < -0.4 is 5.49 Å². The van der Waals surface area contributed by atoms with Crippen molar-refractivity contribution in [3.05, 3.63) is 33.9 Å². The third-order valence-corrected chi connectivity index (χ3v) is 1.61. The van der Waals surface area contributed by atoms with Crippen molar-refractivity contribution in [2.75, 3.05) is 6.54 Å². The summed E-state index contributed by atoms with van der Waals surface area (Å²) >= 11 is 0. The van der Waals surface area contributed by atoms with E-state index in [1.165, 1.54) is 18.3 Å². The zero-order valence-electron chi connectivity index (χ0n) is 7.75. The van der Waals surface area contributed by atoms with Gasteiger partial charge in [-0.3, -0.25) is 15.1 Å². The first-order valence-corrected chi connectivity index (χ1v) is 4.22. The van der Waals surface area contributed by atoms with Crippen LogP contribution in [0.25, 0.3) is 0 Å². The van der Waals surface area contributed by atoms with E-state index in [0.717, 1.165) is 11.2 Å². The molecule has 0 bridgehead atoms. The van der Waals surface area contributed by atoms with Gasteiger partial charge in [0, 0.05) is 12.6 Å². The van der Waals surface area contributed by atoms with Gasteiger partial charge in [0.1, 0.15) is 0 Å². The van der Waals surface area contributed by atoms with E-state index in [4.69, 9.17) is 0 Å². The third-order valence-electron chi connectivity index (χ3n) is 1.61. The molecule has 0 aliphatic rings. The highest BCUT2D eigenvalue weighted by molar-refractivity contribution is 5.25. The van der Waals surface area contributed by atoms with Crippen LogP contribution in [0.2, 0.25) is 0 Å². The van der Waals surface area contributed by atoms with Gasteiger partial charge in [-0.15, -0.1) is 0 Å². The second-order valence-corrected chi connectivity index (χ2v) is 2.73. The smallest absolute Gasteiger partial charge is 0.274 e. The lowest BCUT2D eigenvalue weighted by Gasteiger charge is -1.97. The lowest BCUT2D eigenvalue weighted by atomic mass is 10.4. The van der Waals surface area contributed by atoms with Gasteiger partial charge in [0.15, 0.2) is 5.49 Å². The number of hydrogen-bond donors (Lipinski definition) is 1. The van der Waals surface area contributed by atoms with Crippen LogP contribution in [0.1, 0.15) is 13.3 Å². The van der Waals surface area contributed by atoms with Gasteiger partial charge in [-0.2, -0.15) is 4.73 Å². The van der Waals surface area contributed by atoms with Crippen LogP contribution in [0.5, 0.6) is 0 Å². The summed E-state index contributed by atoms with van der Waals surface area (Å²) in [4.78, 5) is 13.9. The van der Waals surface area contributed by atoms with Crippen molar-refractivity contribution in [1.82, 2.24) is 4.73 Å². The normalized spacial score (nSPS) is 11.6. The molecule has 0 spiro atoms. The van der Waals surface area contributed by atoms with Gasteiger partial charge in [0.25, 0.3) is 5.69 Å². The predicted molar refractivity (Wildman–Crippen MR) is 49.0 cm³/mol. The van der Waals surface area contributed by atoms with E-state index in [0.29, 0.717) is 6.54 Å². The average molecular weight is 197 g/mol. The maximum atomic E-state index is 10.4. The number of aromatic nitrogens is 1. The summed E-state index contributed by atoms with van der Waals surface area (Å²) < 4.78 is 0.767. The van der Waals surface area contributed by atoms with Crippen molar-refractivity contribution >= 4 is 5.69 Å². The highest BCUT2D eigenvalue weighted by Gasteiger charge is 2.05. The Labute approximate surface area is 80.3 Å². The molecule has 76 valence electrons. The number of pyridine rings is 1. The number of hydrogen-bond acceptors (Lipinski definition) is 4. The van der Waals surface area contributed by atoms with E-state index < -0.39 is 4.92 Å². The van der Waals surface area contributed by atoms with Gasteiger partial charge in [0.2, 0.25) is 0 Å². The maximum absolute atomic E-state index is 10.4. The first kappa shape index (κ1) is 10.2. The van der Waals surface area contributed by atoms with E-state index in [2.05, 4.69) is 4.99 Å². The molecule has 6 heteroatoms. The molecule has 1 aromatic heterocycles. The minimum atomic E-state index is -0.523. The Morgan fingerprint density at radius 2 is 2.43 bits per heavy atom. The largest absolute Gasteiger partial charge is 0.427 e. The molecule has 0 aliphatic carbocycles. The van der Waals surface area contributed by atoms with Crippen LogP contribution in [-0.4, -0.2) is 21.4 Å². The van der Waals surface area contributed by atoms with Crippen LogP contribution >= 0.6 is 0 Å². The lowest BCUT2D eigenvalue weighted by Crippen LogP contribution is -2.18. The predicted octanol–water partition coefficient (Wildman–Crippen LogP) is 0.944. The second-order valence-electron chi connectivity index (χ2n) is 2.73. The van der Waals surface area contributed by atoms with Crippen molar-refractivity contribution < 1.29 is 10.1 Å². The van der Waals surface area contributed by atoms with Gasteiger partial charge in [-0.1, -0.05) is 6.92 Å². The number of nitrogens with zero attached hydrogens (tertiary/aromatic N) is 3. The summed E-state index contributed by atoms with van der Waals surface area (Å²) in [6, 6.07) is 2.45. The molecule has 1 heterocycles. The SMILES string of the molecule is CCCN=c1cc([N+](=O)[O-])ccn1O. The summed E-state index contributed by atoms with van der Waals surface area (Å²) in [5.41, 5.74) is 0.117.